The first-order valence-electron chi connectivity index (χ1n) is 8.31. The maximum Gasteiger partial charge on any atom is 0.238 e. The topological polar surface area (TPSA) is 54.5 Å². The number of carbonyl (C=O) groups excluding carboxylic acids is 1. The van der Waals surface area contributed by atoms with E-state index in [1.807, 2.05) is 31.2 Å². The summed E-state index contributed by atoms with van der Waals surface area (Å²) < 4.78 is 5.18. The summed E-state index contributed by atoms with van der Waals surface area (Å²) in [5, 5.41) is 10.2. The van der Waals surface area contributed by atoms with Crippen LogP contribution in [0.4, 0.5) is 5.69 Å². The molecule has 0 radical (unpaired) electrons. The first-order chi connectivity index (χ1) is 12.7. The molecule has 1 N–H and O–H groups in total. The number of hydrogen-bond acceptors (Lipinski definition) is 6. The molecule has 0 saturated heterocycles. The van der Waals surface area contributed by atoms with Crippen LogP contribution in [0.5, 0.6) is 5.75 Å². The number of rotatable bonds is 8. The Labute approximate surface area is 161 Å². The van der Waals surface area contributed by atoms with E-state index in [4.69, 9.17) is 4.74 Å². The van der Waals surface area contributed by atoms with Crippen molar-refractivity contribution >= 4 is 34.3 Å². The smallest absolute Gasteiger partial charge is 0.238 e. The number of amides is 1. The Morgan fingerprint density at radius 1 is 1.31 bits per heavy atom. The Hall–Kier alpha value is -2.22. The van der Waals surface area contributed by atoms with Gasteiger partial charge in [-0.1, -0.05) is 13.0 Å². The number of nitrogens with one attached hydrogen (secondary N) is 1. The van der Waals surface area contributed by atoms with E-state index < -0.39 is 0 Å². The number of hydrogen-bond donors (Lipinski definition) is 1. The Kier molecular flexibility index (Phi) is 6.38. The maximum atomic E-state index is 12.4. The van der Waals surface area contributed by atoms with Gasteiger partial charge in [0.1, 0.15) is 10.8 Å². The van der Waals surface area contributed by atoms with Gasteiger partial charge in [0.25, 0.3) is 0 Å². The van der Waals surface area contributed by atoms with Crippen LogP contribution in [0.2, 0.25) is 0 Å². The molecule has 0 aliphatic carbocycles. The van der Waals surface area contributed by atoms with Crippen molar-refractivity contribution in [2.24, 2.45) is 0 Å². The molecule has 3 aromatic rings. The number of ether oxygens (including phenoxy) is 1. The number of benzene rings is 1. The molecule has 2 aromatic heterocycles. The molecule has 5 nitrogen and oxygen atoms in total. The monoisotopic (exact) mass is 387 g/mol. The Balaban J connectivity index is 1.57. The fourth-order valence-electron chi connectivity index (χ4n) is 2.51. The SMILES string of the molecule is CCN(CC(=O)Nc1cccc(OC)c1)Cc1csc(-c2ccsc2)n1. The predicted octanol–water partition coefficient (Wildman–Crippen LogP) is 4.34. The van der Waals surface area contributed by atoms with Crippen molar-refractivity contribution in [3.8, 4) is 16.3 Å². The van der Waals surface area contributed by atoms with Crippen LogP contribution in [-0.2, 0) is 11.3 Å². The van der Waals surface area contributed by atoms with Crippen LogP contribution in [0, 0.1) is 0 Å². The minimum absolute atomic E-state index is 0.0478. The average molecular weight is 388 g/mol. The van der Waals surface area contributed by atoms with Gasteiger partial charge in [-0.3, -0.25) is 9.69 Å². The van der Waals surface area contributed by atoms with Gasteiger partial charge < -0.3 is 10.1 Å². The number of likely N-dealkylation sites (N-methyl/N-ethyl adjacent to an activating group) is 1. The second-order valence-corrected chi connectivity index (χ2v) is 7.38. The summed E-state index contributed by atoms with van der Waals surface area (Å²) >= 11 is 3.31. The van der Waals surface area contributed by atoms with Gasteiger partial charge in [-0.05, 0) is 30.1 Å². The zero-order valence-corrected chi connectivity index (χ0v) is 16.4. The first kappa shape index (κ1) is 18.6. The van der Waals surface area contributed by atoms with Gasteiger partial charge in [0.2, 0.25) is 5.91 Å². The van der Waals surface area contributed by atoms with Crippen LogP contribution in [0.1, 0.15) is 12.6 Å². The number of methoxy groups -OCH3 is 1. The molecule has 1 aromatic carbocycles. The van der Waals surface area contributed by atoms with Crippen LogP contribution in [0.15, 0.2) is 46.5 Å². The first-order valence-corrected chi connectivity index (χ1v) is 10.1. The van der Waals surface area contributed by atoms with E-state index in [-0.39, 0.29) is 5.91 Å². The summed E-state index contributed by atoms with van der Waals surface area (Å²) in [6, 6.07) is 9.44. The van der Waals surface area contributed by atoms with E-state index >= 15 is 0 Å². The lowest BCUT2D eigenvalue weighted by molar-refractivity contribution is -0.117. The molecule has 7 heteroatoms. The third kappa shape index (κ3) is 4.91. The van der Waals surface area contributed by atoms with Gasteiger partial charge in [0.05, 0.1) is 19.3 Å². The fraction of sp³-hybridized carbons (Fsp3) is 0.263. The Morgan fingerprint density at radius 3 is 2.92 bits per heavy atom. The lowest BCUT2D eigenvalue weighted by Crippen LogP contribution is -2.32. The summed E-state index contributed by atoms with van der Waals surface area (Å²) in [4.78, 5) is 19.1. The van der Waals surface area contributed by atoms with Gasteiger partial charge >= 0.3 is 0 Å². The number of thiazole rings is 1. The van der Waals surface area contributed by atoms with Crippen molar-refractivity contribution in [2.75, 3.05) is 25.5 Å². The van der Waals surface area contributed by atoms with Crippen molar-refractivity contribution in [1.82, 2.24) is 9.88 Å². The van der Waals surface area contributed by atoms with Gasteiger partial charge in [-0.2, -0.15) is 11.3 Å². The van der Waals surface area contributed by atoms with E-state index in [9.17, 15) is 4.79 Å². The van der Waals surface area contributed by atoms with Crippen molar-refractivity contribution in [2.45, 2.75) is 13.5 Å². The second-order valence-electron chi connectivity index (χ2n) is 5.74. The third-order valence-electron chi connectivity index (χ3n) is 3.87. The highest BCUT2D eigenvalue weighted by molar-refractivity contribution is 7.14. The minimum Gasteiger partial charge on any atom is -0.497 e. The molecule has 0 aliphatic heterocycles. The van der Waals surface area contributed by atoms with Crippen molar-refractivity contribution < 1.29 is 9.53 Å². The largest absolute Gasteiger partial charge is 0.497 e. The van der Waals surface area contributed by atoms with E-state index in [0.29, 0.717) is 13.1 Å². The Morgan fingerprint density at radius 2 is 2.19 bits per heavy atom. The summed E-state index contributed by atoms with van der Waals surface area (Å²) in [6.07, 6.45) is 0. The molecular formula is C19H21N3O2S2. The zero-order valence-electron chi connectivity index (χ0n) is 14.8. The number of aromatic nitrogens is 1. The number of carbonyl (C=O) groups is 1. The summed E-state index contributed by atoms with van der Waals surface area (Å²) in [7, 11) is 1.61. The molecule has 26 heavy (non-hydrogen) atoms. The average Bonchev–Trinajstić information content (AvgIpc) is 3.32. The molecular weight excluding hydrogens is 366 g/mol. The molecule has 0 fully saturated rings. The molecule has 3 rings (SSSR count). The van der Waals surface area contributed by atoms with E-state index in [1.54, 1.807) is 29.8 Å². The number of nitrogens with zero attached hydrogens (tertiary/aromatic N) is 2. The van der Waals surface area contributed by atoms with E-state index in [1.165, 1.54) is 0 Å². The van der Waals surface area contributed by atoms with Crippen LogP contribution in [0.3, 0.4) is 0 Å². The Bertz CT molecular complexity index is 846. The zero-order chi connectivity index (χ0) is 18.4. The highest BCUT2D eigenvalue weighted by Crippen LogP contribution is 2.26. The quantitative estimate of drug-likeness (QED) is 0.625. The molecule has 0 bridgehead atoms. The molecule has 0 unspecified atom stereocenters. The van der Waals surface area contributed by atoms with Crippen LogP contribution < -0.4 is 10.1 Å². The van der Waals surface area contributed by atoms with E-state index in [0.717, 1.165) is 34.2 Å². The van der Waals surface area contributed by atoms with Crippen molar-refractivity contribution in [1.29, 1.82) is 0 Å². The molecule has 2 heterocycles. The van der Waals surface area contributed by atoms with Gasteiger partial charge in [0.15, 0.2) is 0 Å². The molecule has 136 valence electrons. The maximum absolute atomic E-state index is 12.4. The lowest BCUT2D eigenvalue weighted by Gasteiger charge is -2.18. The van der Waals surface area contributed by atoms with Crippen LogP contribution >= 0.6 is 22.7 Å². The van der Waals surface area contributed by atoms with Gasteiger partial charge in [-0.25, -0.2) is 4.98 Å². The van der Waals surface area contributed by atoms with Crippen LogP contribution in [0.25, 0.3) is 10.6 Å². The normalized spacial score (nSPS) is 10.9. The second kappa shape index (κ2) is 8.93. The van der Waals surface area contributed by atoms with E-state index in [2.05, 4.69) is 37.4 Å². The van der Waals surface area contributed by atoms with Crippen molar-refractivity contribution in [3.63, 3.8) is 0 Å². The predicted molar refractivity (Wildman–Crippen MR) is 108 cm³/mol. The summed E-state index contributed by atoms with van der Waals surface area (Å²) in [5.74, 6) is 0.673. The number of thiophene rings is 1. The molecule has 0 spiro atoms. The highest BCUT2D eigenvalue weighted by Gasteiger charge is 2.13. The summed E-state index contributed by atoms with van der Waals surface area (Å²) in [5.41, 5.74) is 2.89. The number of anilines is 1. The lowest BCUT2D eigenvalue weighted by atomic mass is 10.3. The minimum atomic E-state index is -0.0478. The molecule has 0 saturated carbocycles. The van der Waals surface area contributed by atoms with Crippen molar-refractivity contribution in [3.05, 3.63) is 52.2 Å². The molecule has 0 atom stereocenters. The highest BCUT2D eigenvalue weighted by atomic mass is 32.1. The fourth-order valence-corrected chi connectivity index (χ4v) is 4.03. The molecule has 1 amide bonds. The third-order valence-corrected chi connectivity index (χ3v) is 5.50. The standard InChI is InChI=1S/C19H21N3O2S2/c1-3-22(10-16-13-26-19(21-16)14-7-8-25-12-14)11-18(23)20-15-5-4-6-17(9-15)24-2/h4-9,12-13H,3,10-11H2,1-2H3,(H,20,23). The molecule has 0 aliphatic rings. The van der Waals surface area contributed by atoms with Crippen LogP contribution in [-0.4, -0.2) is 36.0 Å². The van der Waals surface area contributed by atoms with Gasteiger partial charge in [0, 0.05) is 34.6 Å². The van der Waals surface area contributed by atoms with Gasteiger partial charge in [-0.15, -0.1) is 11.3 Å². The summed E-state index contributed by atoms with van der Waals surface area (Å²) in [6.45, 7) is 3.80.